The molecule has 0 unspecified atom stereocenters. The van der Waals surface area contributed by atoms with Crippen LogP contribution in [0.15, 0.2) is 42.5 Å². The zero-order chi connectivity index (χ0) is 19.6. The summed E-state index contributed by atoms with van der Waals surface area (Å²) in [5.41, 5.74) is 6.89. The predicted molar refractivity (Wildman–Crippen MR) is 105 cm³/mol. The van der Waals surface area contributed by atoms with Crippen LogP contribution in [0.1, 0.15) is 30.6 Å². The number of carbonyl (C=O) groups is 2. The topological polar surface area (TPSA) is 103 Å². The minimum atomic E-state index is -0.265. The Balaban J connectivity index is 2.35. The van der Waals surface area contributed by atoms with E-state index in [9.17, 15) is 9.59 Å². The molecule has 0 aliphatic carbocycles. The van der Waals surface area contributed by atoms with Gasteiger partial charge in [-0.1, -0.05) is 18.2 Å². The van der Waals surface area contributed by atoms with Crippen molar-refractivity contribution in [2.24, 2.45) is 5.73 Å². The molecule has 27 heavy (non-hydrogen) atoms. The average Bonchev–Trinajstić information content (AvgIpc) is 2.66. The molecule has 0 spiro atoms. The fourth-order valence-corrected chi connectivity index (χ4v) is 2.43. The summed E-state index contributed by atoms with van der Waals surface area (Å²) in [4.78, 5) is 24.4. The highest BCUT2D eigenvalue weighted by Gasteiger charge is 2.16. The number of ether oxygens (including phenoxy) is 2. The van der Waals surface area contributed by atoms with Crippen molar-refractivity contribution in [1.29, 1.82) is 0 Å². The molecule has 0 aliphatic heterocycles. The van der Waals surface area contributed by atoms with Crippen molar-refractivity contribution in [2.75, 3.05) is 30.4 Å². The van der Waals surface area contributed by atoms with Crippen LogP contribution in [0.2, 0.25) is 0 Å². The average molecular weight is 371 g/mol. The molecule has 0 heterocycles. The second-order valence-corrected chi connectivity index (χ2v) is 5.62. The quantitative estimate of drug-likeness (QED) is 0.629. The van der Waals surface area contributed by atoms with Gasteiger partial charge in [-0.15, -0.1) is 0 Å². The van der Waals surface area contributed by atoms with E-state index in [1.54, 1.807) is 36.4 Å². The Morgan fingerprint density at radius 2 is 1.48 bits per heavy atom. The predicted octanol–water partition coefficient (Wildman–Crippen LogP) is 3.02. The fraction of sp³-hybridized carbons (Fsp3) is 0.300. The Morgan fingerprint density at radius 1 is 0.926 bits per heavy atom. The van der Waals surface area contributed by atoms with Gasteiger partial charge in [0, 0.05) is 30.7 Å². The normalized spacial score (nSPS) is 10.2. The third-order valence-corrected chi connectivity index (χ3v) is 3.61. The number of nitrogens with one attached hydrogen (secondary N) is 2. The van der Waals surface area contributed by atoms with Crippen molar-refractivity contribution < 1.29 is 19.1 Å². The number of nitrogens with two attached hydrogens (primary N) is 1. The monoisotopic (exact) mass is 371 g/mol. The van der Waals surface area contributed by atoms with Gasteiger partial charge in [-0.2, -0.15) is 0 Å². The molecule has 2 aromatic rings. The van der Waals surface area contributed by atoms with Gasteiger partial charge in [0.15, 0.2) is 0 Å². The highest BCUT2D eigenvalue weighted by atomic mass is 16.5. The Labute approximate surface area is 158 Å². The van der Waals surface area contributed by atoms with Crippen molar-refractivity contribution in [3.63, 3.8) is 0 Å². The van der Waals surface area contributed by atoms with E-state index in [1.807, 2.05) is 19.9 Å². The maximum atomic E-state index is 12.5. The highest BCUT2D eigenvalue weighted by molar-refractivity contribution is 6.05. The van der Waals surface area contributed by atoms with E-state index in [1.165, 1.54) is 0 Å². The van der Waals surface area contributed by atoms with Crippen LogP contribution in [0.5, 0.6) is 11.5 Å². The first-order valence-corrected chi connectivity index (χ1v) is 8.89. The smallest absolute Gasteiger partial charge is 0.255 e. The van der Waals surface area contributed by atoms with E-state index in [0.717, 1.165) is 0 Å². The third kappa shape index (κ3) is 5.72. The molecule has 4 N–H and O–H groups in total. The van der Waals surface area contributed by atoms with E-state index in [4.69, 9.17) is 15.2 Å². The summed E-state index contributed by atoms with van der Waals surface area (Å²) in [5, 5.41) is 5.61. The van der Waals surface area contributed by atoms with Gasteiger partial charge in [-0.3, -0.25) is 9.59 Å². The van der Waals surface area contributed by atoms with Crippen molar-refractivity contribution in [3.8, 4) is 11.5 Å². The molecule has 0 radical (unpaired) electrons. The number of anilines is 2. The zero-order valence-corrected chi connectivity index (χ0v) is 15.6. The van der Waals surface area contributed by atoms with E-state index < -0.39 is 0 Å². The molecule has 0 aromatic heterocycles. The standard InChI is InChI=1S/C20H25N3O4/c1-3-26-17-13-16(23-20(25)14-8-6-5-7-9-14)18(27-4-2)12-15(17)22-19(24)10-11-21/h5-9,12-13H,3-4,10-11,21H2,1-2H3,(H,22,24)(H,23,25). The Kier molecular flexibility index (Phi) is 7.63. The van der Waals surface area contributed by atoms with Crippen LogP contribution in [0.4, 0.5) is 11.4 Å². The Bertz CT molecular complexity index is 778. The fourth-order valence-electron chi connectivity index (χ4n) is 2.43. The SMILES string of the molecule is CCOc1cc(NC(=O)c2ccccc2)c(OCC)cc1NC(=O)CCN. The second kappa shape index (κ2) is 10.2. The minimum absolute atomic E-state index is 0.196. The van der Waals surface area contributed by atoms with Gasteiger partial charge in [-0.05, 0) is 26.0 Å². The summed E-state index contributed by atoms with van der Waals surface area (Å²) >= 11 is 0. The van der Waals surface area contributed by atoms with Gasteiger partial charge in [0.1, 0.15) is 11.5 Å². The Morgan fingerprint density at radius 3 is 2.00 bits per heavy atom. The first kappa shape index (κ1) is 20.3. The van der Waals surface area contributed by atoms with E-state index in [2.05, 4.69) is 10.6 Å². The molecule has 0 aliphatic rings. The van der Waals surface area contributed by atoms with Crippen molar-refractivity contribution in [2.45, 2.75) is 20.3 Å². The summed E-state index contributed by atoms with van der Waals surface area (Å²) in [6.45, 7) is 4.73. The molecular formula is C20H25N3O4. The van der Waals surface area contributed by atoms with Crippen LogP contribution < -0.4 is 25.8 Å². The first-order valence-electron chi connectivity index (χ1n) is 8.89. The molecule has 0 atom stereocenters. The molecule has 0 saturated heterocycles. The summed E-state index contributed by atoms with van der Waals surface area (Å²) in [6, 6.07) is 12.2. The molecular weight excluding hydrogens is 346 g/mol. The van der Waals surface area contributed by atoms with Crippen molar-refractivity contribution in [1.82, 2.24) is 0 Å². The molecule has 2 rings (SSSR count). The lowest BCUT2D eigenvalue weighted by Gasteiger charge is -2.17. The number of hydrogen-bond acceptors (Lipinski definition) is 5. The molecule has 7 heteroatoms. The number of carbonyl (C=O) groups excluding carboxylic acids is 2. The summed E-state index contributed by atoms with van der Waals surface area (Å²) in [6.07, 6.45) is 0.196. The second-order valence-electron chi connectivity index (χ2n) is 5.62. The molecule has 0 fully saturated rings. The maximum absolute atomic E-state index is 12.5. The lowest BCUT2D eigenvalue weighted by Crippen LogP contribution is -2.17. The van der Waals surface area contributed by atoms with Crippen molar-refractivity contribution >= 4 is 23.2 Å². The summed E-state index contributed by atoms with van der Waals surface area (Å²) in [5.74, 6) is 0.392. The van der Waals surface area contributed by atoms with Gasteiger partial charge in [0.25, 0.3) is 5.91 Å². The zero-order valence-electron chi connectivity index (χ0n) is 15.6. The van der Waals surface area contributed by atoms with Gasteiger partial charge >= 0.3 is 0 Å². The number of rotatable bonds is 9. The molecule has 144 valence electrons. The molecule has 2 amide bonds. The summed E-state index contributed by atoms with van der Waals surface area (Å²) in [7, 11) is 0. The number of benzene rings is 2. The van der Waals surface area contributed by atoms with Crippen molar-refractivity contribution in [3.05, 3.63) is 48.0 Å². The lowest BCUT2D eigenvalue weighted by molar-refractivity contribution is -0.116. The van der Waals surface area contributed by atoms with Crippen LogP contribution in [0.3, 0.4) is 0 Å². The first-order chi connectivity index (χ1) is 13.1. The van der Waals surface area contributed by atoms with E-state index in [-0.39, 0.29) is 24.8 Å². The molecule has 7 nitrogen and oxygen atoms in total. The molecule has 0 saturated carbocycles. The summed E-state index contributed by atoms with van der Waals surface area (Å²) < 4.78 is 11.3. The van der Waals surface area contributed by atoms with E-state index >= 15 is 0 Å². The van der Waals surface area contributed by atoms with Crippen LogP contribution in [-0.4, -0.2) is 31.6 Å². The third-order valence-electron chi connectivity index (χ3n) is 3.61. The van der Waals surface area contributed by atoms with Gasteiger partial charge < -0.3 is 25.8 Å². The van der Waals surface area contributed by atoms with E-state index in [0.29, 0.717) is 41.7 Å². The van der Waals surface area contributed by atoms with Gasteiger partial charge in [0.2, 0.25) is 5.91 Å². The highest BCUT2D eigenvalue weighted by Crippen LogP contribution is 2.37. The minimum Gasteiger partial charge on any atom is -0.492 e. The molecule has 0 bridgehead atoms. The lowest BCUT2D eigenvalue weighted by atomic mass is 10.2. The van der Waals surface area contributed by atoms with Crippen LogP contribution >= 0.6 is 0 Å². The van der Waals surface area contributed by atoms with Gasteiger partial charge in [0.05, 0.1) is 24.6 Å². The largest absolute Gasteiger partial charge is 0.492 e. The maximum Gasteiger partial charge on any atom is 0.255 e. The van der Waals surface area contributed by atoms with Gasteiger partial charge in [-0.25, -0.2) is 0 Å². The van der Waals surface area contributed by atoms with Crippen LogP contribution in [-0.2, 0) is 4.79 Å². The molecule has 2 aromatic carbocycles. The Hall–Kier alpha value is -3.06. The number of amides is 2. The van der Waals surface area contributed by atoms with Crippen LogP contribution in [0, 0.1) is 0 Å². The number of hydrogen-bond donors (Lipinski definition) is 3. The van der Waals surface area contributed by atoms with Crippen LogP contribution in [0.25, 0.3) is 0 Å².